The zero-order chi connectivity index (χ0) is 13.6. The molecule has 0 saturated carbocycles. The van der Waals surface area contributed by atoms with Crippen molar-refractivity contribution in [2.24, 2.45) is 0 Å². The number of hydrogen-bond donors (Lipinski definition) is 0. The Kier molecular flexibility index (Phi) is 29.3. The maximum absolute atomic E-state index is 10.9. The zero-order valence-electron chi connectivity index (χ0n) is 9.35. The van der Waals surface area contributed by atoms with Gasteiger partial charge in [-0.15, -0.1) is 0 Å². The number of Topliss-reactive ketones (excluding diaryl/α,β-unsaturated/α-hetero) is 1. The SMILES string of the molecule is CC(=O)c1ccccc1C.[C-]#[O+].[C-]#[O+].[C-]#[O+].[Cr]. The van der Waals surface area contributed by atoms with Crippen LogP contribution >= 0.6 is 0 Å². The third-order valence-corrected chi connectivity index (χ3v) is 1.52. The average Bonchev–Trinajstić information content (AvgIpc) is 2.37. The second-order valence-corrected chi connectivity index (χ2v) is 2.37. The van der Waals surface area contributed by atoms with Crippen LogP contribution in [0.25, 0.3) is 0 Å². The van der Waals surface area contributed by atoms with Gasteiger partial charge in [-0.3, -0.25) is 4.79 Å². The molecule has 0 aliphatic carbocycles. The summed E-state index contributed by atoms with van der Waals surface area (Å²) in [6.07, 6.45) is 0. The summed E-state index contributed by atoms with van der Waals surface area (Å²) < 4.78 is 22.5. The molecule has 0 saturated heterocycles. The molecule has 0 bridgehead atoms. The molecule has 0 aliphatic heterocycles. The Morgan fingerprint density at radius 2 is 1.35 bits per heavy atom. The Hall–Kier alpha value is -1.36. The van der Waals surface area contributed by atoms with Gasteiger partial charge in [-0.25, -0.2) is 0 Å². The van der Waals surface area contributed by atoms with Crippen LogP contribution in [-0.2, 0) is 31.3 Å². The summed E-state index contributed by atoms with van der Waals surface area (Å²) in [4.78, 5) is 10.9. The van der Waals surface area contributed by atoms with Crippen LogP contribution in [0.5, 0.6) is 0 Å². The summed E-state index contributed by atoms with van der Waals surface area (Å²) in [5, 5.41) is 0. The van der Waals surface area contributed by atoms with Gasteiger partial charge in [0.1, 0.15) is 0 Å². The van der Waals surface area contributed by atoms with Crippen LogP contribution in [0.2, 0.25) is 0 Å². The smallest absolute Gasteiger partial charge is 0 e. The van der Waals surface area contributed by atoms with Crippen molar-refractivity contribution in [3.63, 3.8) is 0 Å². The van der Waals surface area contributed by atoms with E-state index in [4.69, 9.17) is 14.0 Å². The molecular formula is C12H10CrO4. The summed E-state index contributed by atoms with van der Waals surface area (Å²) >= 11 is 0. The van der Waals surface area contributed by atoms with Crippen LogP contribution in [0.3, 0.4) is 0 Å². The van der Waals surface area contributed by atoms with Crippen LogP contribution < -0.4 is 0 Å². The third kappa shape index (κ3) is 12.6. The van der Waals surface area contributed by atoms with Crippen molar-refractivity contribution < 1.29 is 36.1 Å². The molecule has 0 fully saturated rings. The van der Waals surface area contributed by atoms with E-state index < -0.39 is 0 Å². The van der Waals surface area contributed by atoms with Crippen LogP contribution in [0, 0.1) is 26.9 Å². The Balaban J connectivity index is -0.000000106. The van der Waals surface area contributed by atoms with Gasteiger partial charge in [-0.05, 0) is 19.4 Å². The van der Waals surface area contributed by atoms with Crippen molar-refractivity contribution in [3.8, 4) is 0 Å². The number of hydrogen-bond acceptors (Lipinski definition) is 1. The van der Waals surface area contributed by atoms with E-state index in [1.54, 1.807) is 6.92 Å². The molecule has 0 amide bonds. The molecule has 0 unspecified atom stereocenters. The van der Waals surface area contributed by atoms with Crippen molar-refractivity contribution in [2.75, 3.05) is 0 Å². The molecule has 0 aliphatic rings. The Morgan fingerprint density at radius 1 is 1.00 bits per heavy atom. The fraction of sp³-hybridized carbons (Fsp3) is 0.167. The van der Waals surface area contributed by atoms with Crippen molar-refractivity contribution >= 4 is 5.78 Å². The summed E-state index contributed by atoms with van der Waals surface area (Å²) in [6.45, 7) is 17.0. The van der Waals surface area contributed by atoms with E-state index in [0.29, 0.717) is 0 Å². The van der Waals surface area contributed by atoms with Gasteiger partial charge in [-0.2, -0.15) is 0 Å². The van der Waals surface area contributed by atoms with Crippen molar-refractivity contribution in [1.82, 2.24) is 0 Å². The maximum atomic E-state index is 10.9. The number of rotatable bonds is 1. The molecule has 0 N–H and O–H groups in total. The molecular weight excluding hydrogens is 260 g/mol. The molecule has 0 spiro atoms. The Bertz CT molecular complexity index is 352. The topological polar surface area (TPSA) is 76.8 Å². The molecule has 1 rings (SSSR count). The molecule has 0 atom stereocenters. The molecule has 0 aromatic heterocycles. The predicted octanol–water partition coefficient (Wildman–Crippen LogP) is 2.08. The minimum atomic E-state index is 0. The normalized spacial score (nSPS) is 5.88. The van der Waals surface area contributed by atoms with Crippen molar-refractivity contribution in [2.45, 2.75) is 13.8 Å². The van der Waals surface area contributed by atoms with E-state index >= 15 is 0 Å². The van der Waals surface area contributed by atoms with Crippen molar-refractivity contribution in [3.05, 3.63) is 55.3 Å². The average molecular weight is 270 g/mol. The molecule has 17 heavy (non-hydrogen) atoms. The van der Waals surface area contributed by atoms with E-state index in [1.807, 2.05) is 31.2 Å². The van der Waals surface area contributed by atoms with E-state index in [-0.39, 0.29) is 23.1 Å². The summed E-state index contributed by atoms with van der Waals surface area (Å²) in [6, 6.07) is 7.60. The number of benzene rings is 1. The minimum absolute atomic E-state index is 0. The van der Waals surface area contributed by atoms with E-state index in [0.717, 1.165) is 11.1 Å². The van der Waals surface area contributed by atoms with Gasteiger partial charge in [0, 0.05) is 22.9 Å². The quantitative estimate of drug-likeness (QED) is 0.437. The molecule has 1 aromatic rings. The van der Waals surface area contributed by atoms with Gasteiger partial charge < -0.3 is 0 Å². The molecule has 4 nitrogen and oxygen atoms in total. The second kappa shape index (κ2) is 20.1. The largest absolute Gasteiger partial charge is 0 e. The van der Waals surface area contributed by atoms with Gasteiger partial charge in [-0.1, -0.05) is 24.3 Å². The Labute approximate surface area is 111 Å². The fourth-order valence-electron chi connectivity index (χ4n) is 0.968. The number of ketones is 1. The summed E-state index contributed by atoms with van der Waals surface area (Å²) in [5.74, 6) is 0.137. The summed E-state index contributed by atoms with van der Waals surface area (Å²) in [7, 11) is 0. The van der Waals surface area contributed by atoms with Gasteiger partial charge >= 0.3 is 33.9 Å². The van der Waals surface area contributed by atoms with Gasteiger partial charge in [0.15, 0.2) is 5.78 Å². The van der Waals surface area contributed by atoms with Gasteiger partial charge in [0.2, 0.25) is 0 Å². The molecule has 5 heteroatoms. The molecule has 0 heterocycles. The first kappa shape index (κ1) is 24.7. The first-order chi connectivity index (χ1) is 7.72. The van der Waals surface area contributed by atoms with Crippen LogP contribution in [0.4, 0.5) is 0 Å². The third-order valence-electron chi connectivity index (χ3n) is 1.52. The standard InChI is InChI=1S/C9H10O.3CO.Cr/c1-7-5-3-4-6-9(7)8(2)10;3*1-2;/h3-6H,1-2H3;;;;. The minimum Gasteiger partial charge on any atom is 0 e. The van der Waals surface area contributed by atoms with E-state index in [2.05, 4.69) is 20.0 Å². The predicted molar refractivity (Wildman–Crippen MR) is 53.0 cm³/mol. The Morgan fingerprint density at radius 3 is 1.59 bits per heavy atom. The van der Waals surface area contributed by atoms with Crippen molar-refractivity contribution in [1.29, 1.82) is 0 Å². The molecule has 88 valence electrons. The first-order valence-corrected chi connectivity index (χ1v) is 3.89. The number of carbonyl (C=O) groups excluding carboxylic acids is 1. The molecule has 0 radical (unpaired) electrons. The van der Waals surface area contributed by atoms with Gasteiger partial charge in [0.05, 0.1) is 0 Å². The number of carbonyl (C=O) groups is 1. The van der Waals surface area contributed by atoms with E-state index in [9.17, 15) is 4.79 Å². The second-order valence-electron chi connectivity index (χ2n) is 2.37. The number of aryl methyl sites for hydroxylation is 1. The van der Waals surface area contributed by atoms with Crippen LogP contribution in [0.1, 0.15) is 22.8 Å². The summed E-state index contributed by atoms with van der Waals surface area (Å²) in [5.41, 5.74) is 1.87. The monoisotopic (exact) mass is 270 g/mol. The van der Waals surface area contributed by atoms with E-state index in [1.165, 1.54) is 0 Å². The van der Waals surface area contributed by atoms with Gasteiger partial charge in [0.25, 0.3) is 0 Å². The fourth-order valence-corrected chi connectivity index (χ4v) is 0.968. The molecule has 1 aromatic carbocycles. The zero-order valence-corrected chi connectivity index (χ0v) is 10.6. The van der Waals surface area contributed by atoms with Crippen LogP contribution in [0.15, 0.2) is 24.3 Å². The van der Waals surface area contributed by atoms with Crippen LogP contribution in [-0.4, -0.2) is 5.78 Å². The maximum Gasteiger partial charge on any atom is 0 e. The first-order valence-electron chi connectivity index (χ1n) is 3.89.